The van der Waals surface area contributed by atoms with Crippen LogP contribution in [0.1, 0.15) is 57.6 Å². The SMILES string of the molecule is C/C=C/CCC(CCCC)C1OC(=O)C(c2ccccc2)O1. The predicted octanol–water partition coefficient (Wildman–Crippen LogP) is 4.79. The maximum Gasteiger partial charge on any atom is 0.342 e. The van der Waals surface area contributed by atoms with Gasteiger partial charge in [-0.15, -0.1) is 0 Å². The Hall–Kier alpha value is -1.61. The lowest BCUT2D eigenvalue weighted by Crippen LogP contribution is -2.22. The molecule has 3 atom stereocenters. The standard InChI is InChI=1S/C19H26O3/c1-3-5-8-14-16(11-6-4-2)19-21-17(18(20)22-19)15-12-9-7-10-13-15/h3,5,7,9-10,12-13,16-17,19H,4,6,8,11,14H2,1-2H3/b5-3+. The van der Waals surface area contributed by atoms with Gasteiger partial charge in [0.15, 0.2) is 6.10 Å². The molecule has 3 nitrogen and oxygen atoms in total. The molecule has 1 aromatic rings. The van der Waals surface area contributed by atoms with Gasteiger partial charge < -0.3 is 9.47 Å². The van der Waals surface area contributed by atoms with Gasteiger partial charge in [0.1, 0.15) is 0 Å². The van der Waals surface area contributed by atoms with Crippen LogP contribution in [0.5, 0.6) is 0 Å². The Kier molecular flexibility index (Phi) is 6.66. The van der Waals surface area contributed by atoms with Gasteiger partial charge in [0, 0.05) is 5.92 Å². The molecule has 0 aliphatic carbocycles. The van der Waals surface area contributed by atoms with Gasteiger partial charge in [-0.3, -0.25) is 0 Å². The Bertz CT molecular complexity index is 481. The van der Waals surface area contributed by atoms with Gasteiger partial charge >= 0.3 is 5.97 Å². The van der Waals surface area contributed by atoms with Crippen molar-refractivity contribution < 1.29 is 14.3 Å². The molecule has 22 heavy (non-hydrogen) atoms. The van der Waals surface area contributed by atoms with Crippen molar-refractivity contribution >= 4 is 5.97 Å². The van der Waals surface area contributed by atoms with Crippen molar-refractivity contribution in [2.45, 2.75) is 58.3 Å². The van der Waals surface area contributed by atoms with Crippen LogP contribution in [0.4, 0.5) is 0 Å². The summed E-state index contributed by atoms with van der Waals surface area (Å²) in [7, 11) is 0. The Labute approximate surface area is 133 Å². The molecule has 1 aliphatic rings. The smallest absolute Gasteiger partial charge is 0.342 e. The van der Waals surface area contributed by atoms with Crippen molar-refractivity contribution in [2.75, 3.05) is 0 Å². The zero-order valence-electron chi connectivity index (χ0n) is 13.5. The van der Waals surface area contributed by atoms with E-state index < -0.39 is 12.4 Å². The van der Waals surface area contributed by atoms with E-state index in [0.717, 1.165) is 37.7 Å². The minimum Gasteiger partial charge on any atom is -0.433 e. The van der Waals surface area contributed by atoms with Crippen molar-refractivity contribution in [3.05, 3.63) is 48.0 Å². The normalized spacial score (nSPS) is 22.9. The molecular formula is C19H26O3. The third-order valence-corrected chi connectivity index (χ3v) is 4.07. The molecule has 0 aromatic heterocycles. The van der Waals surface area contributed by atoms with E-state index >= 15 is 0 Å². The summed E-state index contributed by atoms with van der Waals surface area (Å²) in [4.78, 5) is 12.1. The average Bonchev–Trinajstić information content (AvgIpc) is 2.93. The van der Waals surface area contributed by atoms with Crippen LogP contribution in [0, 0.1) is 5.92 Å². The maximum absolute atomic E-state index is 12.1. The van der Waals surface area contributed by atoms with E-state index in [1.807, 2.05) is 37.3 Å². The first-order chi connectivity index (χ1) is 10.8. The summed E-state index contributed by atoms with van der Waals surface area (Å²) < 4.78 is 11.5. The van der Waals surface area contributed by atoms with Gasteiger partial charge in [0.05, 0.1) is 0 Å². The van der Waals surface area contributed by atoms with Gasteiger partial charge in [-0.25, -0.2) is 4.79 Å². The molecule has 3 unspecified atom stereocenters. The van der Waals surface area contributed by atoms with Crippen molar-refractivity contribution in [3.63, 3.8) is 0 Å². The molecule has 0 radical (unpaired) electrons. The van der Waals surface area contributed by atoms with Crippen LogP contribution in [-0.2, 0) is 14.3 Å². The molecule has 0 N–H and O–H groups in total. The largest absolute Gasteiger partial charge is 0.433 e. The van der Waals surface area contributed by atoms with E-state index in [0.29, 0.717) is 0 Å². The van der Waals surface area contributed by atoms with Crippen LogP contribution >= 0.6 is 0 Å². The third kappa shape index (κ3) is 4.44. The number of benzene rings is 1. The number of ether oxygens (including phenoxy) is 2. The minimum atomic E-state index is -0.572. The van der Waals surface area contributed by atoms with Crippen LogP contribution in [0.25, 0.3) is 0 Å². The Morgan fingerprint density at radius 2 is 2.00 bits per heavy atom. The number of allylic oxidation sites excluding steroid dienone is 2. The van der Waals surface area contributed by atoms with Crippen molar-refractivity contribution in [1.82, 2.24) is 0 Å². The van der Waals surface area contributed by atoms with Gasteiger partial charge in [-0.2, -0.15) is 0 Å². The third-order valence-electron chi connectivity index (χ3n) is 4.07. The van der Waals surface area contributed by atoms with Crippen molar-refractivity contribution in [3.8, 4) is 0 Å². The van der Waals surface area contributed by atoms with E-state index in [4.69, 9.17) is 9.47 Å². The van der Waals surface area contributed by atoms with Crippen molar-refractivity contribution in [2.24, 2.45) is 5.92 Å². The molecule has 120 valence electrons. The molecule has 1 aliphatic heterocycles. The number of cyclic esters (lactones) is 1. The fourth-order valence-corrected chi connectivity index (χ4v) is 2.80. The molecule has 2 rings (SSSR count). The molecule has 0 amide bonds. The fourth-order valence-electron chi connectivity index (χ4n) is 2.80. The second-order valence-corrected chi connectivity index (χ2v) is 5.78. The molecule has 1 fully saturated rings. The zero-order valence-corrected chi connectivity index (χ0v) is 13.5. The lowest BCUT2D eigenvalue weighted by Gasteiger charge is -2.21. The first-order valence-electron chi connectivity index (χ1n) is 8.28. The first-order valence-corrected chi connectivity index (χ1v) is 8.28. The summed E-state index contributed by atoms with van der Waals surface area (Å²) in [5.74, 6) is 0.0116. The topological polar surface area (TPSA) is 35.5 Å². The van der Waals surface area contributed by atoms with E-state index in [-0.39, 0.29) is 11.9 Å². The summed E-state index contributed by atoms with van der Waals surface area (Å²) in [5.41, 5.74) is 0.873. The van der Waals surface area contributed by atoms with E-state index in [2.05, 4.69) is 19.1 Å². The van der Waals surface area contributed by atoms with Crippen LogP contribution in [0.3, 0.4) is 0 Å². The van der Waals surface area contributed by atoms with Crippen LogP contribution < -0.4 is 0 Å². The van der Waals surface area contributed by atoms with Crippen LogP contribution in [0.15, 0.2) is 42.5 Å². The molecule has 1 saturated heterocycles. The summed E-state index contributed by atoms with van der Waals surface area (Å²) >= 11 is 0. The second kappa shape index (κ2) is 8.74. The summed E-state index contributed by atoms with van der Waals surface area (Å²) in [6.45, 7) is 4.20. The lowest BCUT2D eigenvalue weighted by molar-refractivity contribution is -0.148. The molecule has 0 saturated carbocycles. The number of rotatable bonds is 8. The monoisotopic (exact) mass is 302 g/mol. The summed E-state index contributed by atoms with van der Waals surface area (Å²) in [6.07, 6.45) is 8.54. The predicted molar refractivity (Wildman–Crippen MR) is 87.2 cm³/mol. The molecule has 3 heteroatoms. The number of carbonyl (C=O) groups excluding carboxylic acids is 1. The second-order valence-electron chi connectivity index (χ2n) is 5.78. The van der Waals surface area contributed by atoms with Crippen LogP contribution in [0.2, 0.25) is 0 Å². The minimum absolute atomic E-state index is 0.260. The number of carbonyl (C=O) groups is 1. The maximum atomic E-state index is 12.1. The highest BCUT2D eigenvalue weighted by Gasteiger charge is 2.40. The van der Waals surface area contributed by atoms with Gasteiger partial charge in [-0.05, 0) is 31.7 Å². The molecule has 0 spiro atoms. The molecule has 1 heterocycles. The van der Waals surface area contributed by atoms with E-state index in [9.17, 15) is 4.79 Å². The highest BCUT2D eigenvalue weighted by atomic mass is 16.8. The Morgan fingerprint density at radius 1 is 1.23 bits per heavy atom. The molecular weight excluding hydrogens is 276 g/mol. The average molecular weight is 302 g/mol. The summed E-state index contributed by atoms with van der Waals surface area (Å²) in [6, 6.07) is 9.59. The zero-order chi connectivity index (χ0) is 15.8. The van der Waals surface area contributed by atoms with Gasteiger partial charge in [0.2, 0.25) is 6.29 Å². The van der Waals surface area contributed by atoms with Crippen LogP contribution in [-0.4, -0.2) is 12.3 Å². The fraction of sp³-hybridized carbons (Fsp3) is 0.526. The first kappa shape index (κ1) is 16.8. The number of unbranched alkanes of at least 4 members (excludes halogenated alkanes) is 1. The van der Waals surface area contributed by atoms with Crippen molar-refractivity contribution in [1.29, 1.82) is 0 Å². The molecule has 1 aromatic carbocycles. The number of hydrogen-bond acceptors (Lipinski definition) is 3. The Balaban J connectivity index is 2.01. The van der Waals surface area contributed by atoms with E-state index in [1.54, 1.807) is 0 Å². The van der Waals surface area contributed by atoms with E-state index in [1.165, 1.54) is 0 Å². The number of esters is 1. The quantitative estimate of drug-likeness (QED) is 0.511. The highest BCUT2D eigenvalue weighted by molar-refractivity contribution is 5.78. The lowest BCUT2D eigenvalue weighted by atomic mass is 9.96. The van der Waals surface area contributed by atoms with Gasteiger partial charge in [-0.1, -0.05) is 62.2 Å². The summed E-state index contributed by atoms with van der Waals surface area (Å²) in [5, 5.41) is 0. The molecule has 0 bridgehead atoms. The van der Waals surface area contributed by atoms with Gasteiger partial charge in [0.25, 0.3) is 0 Å². The highest BCUT2D eigenvalue weighted by Crippen LogP contribution is 2.34. The number of hydrogen-bond donors (Lipinski definition) is 0. The Morgan fingerprint density at radius 3 is 2.68 bits per heavy atom.